The quantitative estimate of drug-likeness (QED) is 0.341. The molecule has 1 N–H and O–H groups in total. The number of carbonyl (C=O) groups is 2. The van der Waals surface area contributed by atoms with Crippen molar-refractivity contribution in [1.29, 1.82) is 0 Å². The smallest absolute Gasteiger partial charge is 0.338 e. The number of esters is 1. The molecule has 8 nitrogen and oxygen atoms in total. The van der Waals surface area contributed by atoms with Crippen LogP contribution in [0.15, 0.2) is 75.7 Å². The molecule has 1 aliphatic heterocycles. The highest BCUT2D eigenvalue weighted by atomic mass is 32.1. The highest BCUT2D eigenvalue weighted by molar-refractivity contribution is 7.07. The van der Waals surface area contributed by atoms with Crippen LogP contribution in [0.2, 0.25) is 0 Å². The van der Waals surface area contributed by atoms with Gasteiger partial charge in [-0.05, 0) is 79.8 Å². The van der Waals surface area contributed by atoms with Crippen molar-refractivity contribution in [2.45, 2.75) is 46.6 Å². The monoisotopic (exact) mass is 569 g/mol. The number of aryl methyl sites for hydroxylation is 1. The molecule has 0 saturated heterocycles. The maximum Gasteiger partial charge on any atom is 0.338 e. The van der Waals surface area contributed by atoms with Crippen LogP contribution in [0.25, 0.3) is 11.8 Å². The first-order valence-corrected chi connectivity index (χ1v) is 14.1. The number of carboxylic acid groups (broad SMARTS) is 1. The van der Waals surface area contributed by atoms with Crippen LogP contribution in [0.5, 0.6) is 0 Å². The van der Waals surface area contributed by atoms with Crippen LogP contribution < -0.4 is 14.9 Å². The van der Waals surface area contributed by atoms with E-state index in [4.69, 9.17) is 4.74 Å². The summed E-state index contributed by atoms with van der Waals surface area (Å²) in [7, 11) is 1.33. The van der Waals surface area contributed by atoms with E-state index in [1.807, 2.05) is 54.8 Å². The van der Waals surface area contributed by atoms with Crippen molar-refractivity contribution in [2.24, 2.45) is 4.99 Å². The minimum absolute atomic E-state index is 0.215. The van der Waals surface area contributed by atoms with E-state index in [1.54, 1.807) is 35.8 Å². The summed E-state index contributed by atoms with van der Waals surface area (Å²) >= 11 is 1.28. The Morgan fingerprint density at radius 3 is 2.29 bits per heavy atom. The van der Waals surface area contributed by atoms with E-state index in [9.17, 15) is 19.5 Å². The lowest BCUT2D eigenvalue weighted by molar-refractivity contribution is -0.136. The zero-order chi connectivity index (χ0) is 29.6. The van der Waals surface area contributed by atoms with E-state index in [0.29, 0.717) is 26.5 Å². The third kappa shape index (κ3) is 4.97. The van der Waals surface area contributed by atoms with Gasteiger partial charge in [-0.3, -0.25) is 9.36 Å². The maximum atomic E-state index is 14.0. The zero-order valence-electron chi connectivity index (χ0n) is 23.8. The van der Waals surface area contributed by atoms with E-state index >= 15 is 0 Å². The van der Waals surface area contributed by atoms with E-state index in [1.165, 1.54) is 18.4 Å². The SMILES string of the molecule is COC(=O)C1=C(C)N=c2s/c(=C\c3cc(C)n(-c4ccc(C(=O)O)cc4)c3C)c(=O)n2C1c1ccc(C(C)C)cc1. The second kappa shape index (κ2) is 10.8. The Bertz CT molecular complexity index is 1890. The third-order valence-electron chi connectivity index (χ3n) is 7.48. The van der Waals surface area contributed by atoms with Crippen LogP contribution in [-0.4, -0.2) is 33.3 Å². The number of hydrogen-bond acceptors (Lipinski definition) is 6. The summed E-state index contributed by atoms with van der Waals surface area (Å²) in [6.45, 7) is 9.92. The summed E-state index contributed by atoms with van der Waals surface area (Å²) < 4.78 is 9.22. The zero-order valence-corrected chi connectivity index (χ0v) is 24.6. The van der Waals surface area contributed by atoms with Crippen LogP contribution in [0.1, 0.15) is 71.2 Å². The van der Waals surface area contributed by atoms with Crippen molar-refractivity contribution in [3.05, 3.63) is 119 Å². The third-order valence-corrected chi connectivity index (χ3v) is 8.46. The molecule has 5 rings (SSSR count). The van der Waals surface area contributed by atoms with Gasteiger partial charge in [-0.1, -0.05) is 49.4 Å². The summed E-state index contributed by atoms with van der Waals surface area (Å²) in [5.41, 5.74) is 6.33. The van der Waals surface area contributed by atoms with Gasteiger partial charge in [0.15, 0.2) is 4.80 Å². The first-order valence-electron chi connectivity index (χ1n) is 13.2. The molecule has 0 amide bonds. The number of aromatic nitrogens is 2. The number of methoxy groups -OCH3 is 1. The summed E-state index contributed by atoms with van der Waals surface area (Å²) in [4.78, 5) is 43.3. The van der Waals surface area contributed by atoms with Gasteiger partial charge in [0.05, 0.1) is 34.5 Å². The van der Waals surface area contributed by atoms with Gasteiger partial charge < -0.3 is 14.4 Å². The fourth-order valence-corrected chi connectivity index (χ4v) is 6.33. The minimum Gasteiger partial charge on any atom is -0.478 e. The number of hydrogen-bond donors (Lipinski definition) is 1. The molecule has 1 aliphatic rings. The molecule has 0 bridgehead atoms. The average molecular weight is 570 g/mol. The van der Waals surface area contributed by atoms with Gasteiger partial charge >= 0.3 is 11.9 Å². The van der Waals surface area contributed by atoms with Crippen molar-refractivity contribution in [3.63, 3.8) is 0 Å². The largest absolute Gasteiger partial charge is 0.478 e. The van der Waals surface area contributed by atoms with E-state index in [0.717, 1.165) is 33.8 Å². The molecule has 41 heavy (non-hydrogen) atoms. The molecule has 0 spiro atoms. The van der Waals surface area contributed by atoms with Gasteiger partial charge in [0.1, 0.15) is 0 Å². The molecule has 1 atom stereocenters. The fraction of sp³-hybridized carbons (Fsp3) is 0.250. The number of aromatic carboxylic acids is 1. The van der Waals surface area contributed by atoms with Crippen LogP contribution >= 0.6 is 11.3 Å². The van der Waals surface area contributed by atoms with Crippen LogP contribution in [0.3, 0.4) is 0 Å². The molecule has 210 valence electrons. The Hall–Kier alpha value is -4.50. The van der Waals surface area contributed by atoms with E-state index in [-0.39, 0.29) is 11.1 Å². The van der Waals surface area contributed by atoms with Gasteiger partial charge in [-0.15, -0.1) is 0 Å². The molecule has 0 saturated carbocycles. The first-order chi connectivity index (χ1) is 19.5. The number of carbonyl (C=O) groups excluding carboxylic acids is 1. The Morgan fingerprint density at radius 1 is 1.05 bits per heavy atom. The van der Waals surface area contributed by atoms with Gasteiger partial charge in [-0.2, -0.15) is 0 Å². The second-order valence-corrected chi connectivity index (χ2v) is 11.4. The maximum absolute atomic E-state index is 14.0. The Balaban J connectivity index is 1.65. The summed E-state index contributed by atoms with van der Waals surface area (Å²) in [6.07, 6.45) is 1.85. The van der Waals surface area contributed by atoms with Gasteiger partial charge in [-0.25, -0.2) is 14.6 Å². The summed E-state index contributed by atoms with van der Waals surface area (Å²) in [5, 5.41) is 9.24. The number of carboxylic acids is 1. The highest BCUT2D eigenvalue weighted by Crippen LogP contribution is 2.31. The van der Waals surface area contributed by atoms with Crippen LogP contribution in [0, 0.1) is 13.8 Å². The minimum atomic E-state index is -0.978. The first kappa shape index (κ1) is 28.0. The van der Waals surface area contributed by atoms with Crippen molar-refractivity contribution >= 4 is 29.4 Å². The van der Waals surface area contributed by atoms with Gasteiger partial charge in [0.25, 0.3) is 5.56 Å². The lowest BCUT2D eigenvalue weighted by atomic mass is 9.93. The molecule has 9 heteroatoms. The van der Waals surface area contributed by atoms with Crippen LogP contribution in [-0.2, 0) is 9.53 Å². The lowest BCUT2D eigenvalue weighted by Gasteiger charge is -2.24. The van der Waals surface area contributed by atoms with Crippen molar-refractivity contribution < 1.29 is 19.4 Å². The number of nitrogens with zero attached hydrogens (tertiary/aromatic N) is 3. The highest BCUT2D eigenvalue weighted by Gasteiger charge is 2.33. The van der Waals surface area contributed by atoms with Gasteiger partial charge in [0.2, 0.25) is 0 Å². The molecule has 1 unspecified atom stereocenters. The molecular weight excluding hydrogens is 538 g/mol. The predicted molar refractivity (Wildman–Crippen MR) is 159 cm³/mol. The fourth-order valence-electron chi connectivity index (χ4n) is 5.30. The molecule has 2 aromatic carbocycles. The molecule has 0 fully saturated rings. The molecule has 0 radical (unpaired) electrons. The van der Waals surface area contributed by atoms with E-state index < -0.39 is 18.0 Å². The normalized spacial score (nSPS) is 15.2. The number of ether oxygens (including phenoxy) is 1. The Morgan fingerprint density at radius 2 is 1.71 bits per heavy atom. The summed E-state index contributed by atoms with van der Waals surface area (Å²) in [6, 6.07) is 16.0. The molecular formula is C32H31N3O5S. The number of benzene rings is 2. The van der Waals surface area contributed by atoms with Gasteiger partial charge in [0, 0.05) is 17.1 Å². The number of allylic oxidation sites excluding steroid dienone is 1. The number of rotatable bonds is 6. The Kier molecular flexibility index (Phi) is 7.40. The number of fused-ring (bicyclic) bond motifs is 1. The molecule has 0 aliphatic carbocycles. The Labute approximate surface area is 241 Å². The lowest BCUT2D eigenvalue weighted by Crippen LogP contribution is -2.39. The van der Waals surface area contributed by atoms with Crippen molar-refractivity contribution in [2.75, 3.05) is 7.11 Å². The predicted octanol–water partition coefficient (Wildman–Crippen LogP) is 4.64. The molecule has 4 aromatic rings. The topological polar surface area (TPSA) is 103 Å². The summed E-state index contributed by atoms with van der Waals surface area (Å²) in [5.74, 6) is -1.15. The molecule has 3 heterocycles. The van der Waals surface area contributed by atoms with E-state index in [2.05, 4.69) is 18.8 Å². The average Bonchev–Trinajstić information content (AvgIpc) is 3.41. The van der Waals surface area contributed by atoms with Crippen molar-refractivity contribution in [3.8, 4) is 5.69 Å². The standard InChI is InChI=1S/C32H31N3O5S/c1-17(2)21-7-9-22(10-8-21)28-27(31(39)40-6)19(4)33-32-35(28)29(36)26(41-32)16-24-15-18(3)34(20(24)5)25-13-11-23(12-14-25)30(37)38/h7-17,28H,1-6H3,(H,37,38)/b26-16-. The van der Waals surface area contributed by atoms with Crippen molar-refractivity contribution in [1.82, 2.24) is 9.13 Å². The number of thiazole rings is 1. The molecule has 2 aromatic heterocycles. The second-order valence-electron chi connectivity index (χ2n) is 10.4. The van der Waals surface area contributed by atoms with Crippen LogP contribution in [0.4, 0.5) is 0 Å².